The number of nitrogens with one attached hydrogen (secondary N) is 1. The molecule has 0 aromatic heterocycles. The maximum atomic E-state index is 12.6. The lowest BCUT2D eigenvalue weighted by molar-refractivity contribution is -0.134. The van der Waals surface area contributed by atoms with Gasteiger partial charge in [-0.25, -0.2) is 8.42 Å². The molecule has 2 aliphatic rings. The second-order valence-corrected chi connectivity index (χ2v) is 9.17. The molecule has 0 radical (unpaired) electrons. The molecule has 150 valence electrons. The van der Waals surface area contributed by atoms with E-state index in [9.17, 15) is 13.2 Å². The second kappa shape index (κ2) is 8.68. The molecule has 27 heavy (non-hydrogen) atoms. The van der Waals surface area contributed by atoms with Crippen LogP contribution in [-0.2, 0) is 26.0 Å². The molecule has 1 N–H and O–H groups in total. The van der Waals surface area contributed by atoms with E-state index in [1.54, 1.807) is 12.1 Å². The SMILES string of the molecule is CC1NCCN(C(=O)CCc2ccc(S(=O)(=O)N3CCOCC3)cc2)C1C. The van der Waals surface area contributed by atoms with Crippen LogP contribution in [-0.4, -0.2) is 75.0 Å². The number of benzene rings is 1. The molecule has 3 rings (SSSR count). The number of piperazine rings is 1. The third-order valence-corrected chi connectivity index (χ3v) is 7.43. The van der Waals surface area contributed by atoms with E-state index < -0.39 is 10.0 Å². The van der Waals surface area contributed by atoms with E-state index in [1.807, 2.05) is 17.0 Å². The van der Waals surface area contributed by atoms with Gasteiger partial charge in [-0.05, 0) is 38.0 Å². The fourth-order valence-corrected chi connectivity index (χ4v) is 4.98. The zero-order valence-electron chi connectivity index (χ0n) is 16.1. The van der Waals surface area contributed by atoms with Gasteiger partial charge in [0.1, 0.15) is 0 Å². The van der Waals surface area contributed by atoms with E-state index in [4.69, 9.17) is 4.74 Å². The van der Waals surface area contributed by atoms with Crippen LogP contribution in [0.4, 0.5) is 0 Å². The van der Waals surface area contributed by atoms with Crippen molar-refractivity contribution in [1.29, 1.82) is 0 Å². The topological polar surface area (TPSA) is 79.0 Å². The van der Waals surface area contributed by atoms with Gasteiger partial charge in [0.25, 0.3) is 0 Å². The molecule has 8 heteroatoms. The van der Waals surface area contributed by atoms with E-state index in [0.29, 0.717) is 50.1 Å². The maximum Gasteiger partial charge on any atom is 0.243 e. The molecule has 2 aliphatic heterocycles. The molecule has 0 bridgehead atoms. The first-order valence-electron chi connectivity index (χ1n) is 9.59. The molecule has 0 spiro atoms. The van der Waals surface area contributed by atoms with Gasteiger partial charge in [-0.1, -0.05) is 12.1 Å². The van der Waals surface area contributed by atoms with Crippen LogP contribution in [0.2, 0.25) is 0 Å². The van der Waals surface area contributed by atoms with E-state index in [0.717, 1.165) is 18.7 Å². The standard InChI is InChI=1S/C19H29N3O4S/c1-15-16(2)22(10-9-20-15)19(23)8-5-17-3-6-18(7-4-17)27(24,25)21-11-13-26-14-12-21/h3-4,6-7,15-16,20H,5,8-14H2,1-2H3. The second-order valence-electron chi connectivity index (χ2n) is 7.23. The molecule has 1 amide bonds. The number of hydrogen-bond donors (Lipinski definition) is 1. The van der Waals surface area contributed by atoms with Crippen molar-refractivity contribution < 1.29 is 17.9 Å². The molecule has 2 atom stereocenters. The Morgan fingerprint density at radius 2 is 1.81 bits per heavy atom. The predicted molar refractivity (Wildman–Crippen MR) is 103 cm³/mol. The van der Waals surface area contributed by atoms with Crippen molar-refractivity contribution in [2.24, 2.45) is 0 Å². The molecular weight excluding hydrogens is 366 g/mol. The highest BCUT2D eigenvalue weighted by molar-refractivity contribution is 7.89. The van der Waals surface area contributed by atoms with Crippen LogP contribution in [0, 0.1) is 0 Å². The molecule has 2 saturated heterocycles. The highest BCUT2D eigenvalue weighted by Crippen LogP contribution is 2.19. The number of amides is 1. The van der Waals surface area contributed by atoms with Gasteiger partial charge >= 0.3 is 0 Å². The lowest BCUT2D eigenvalue weighted by atomic mass is 10.0. The van der Waals surface area contributed by atoms with Crippen molar-refractivity contribution in [1.82, 2.24) is 14.5 Å². The molecule has 0 aliphatic carbocycles. The summed E-state index contributed by atoms with van der Waals surface area (Å²) in [6.45, 7) is 7.37. The Morgan fingerprint density at radius 3 is 2.48 bits per heavy atom. The Hall–Kier alpha value is -1.48. The minimum absolute atomic E-state index is 0.154. The zero-order chi connectivity index (χ0) is 19.4. The van der Waals surface area contributed by atoms with Gasteiger partial charge in [-0.3, -0.25) is 4.79 Å². The van der Waals surface area contributed by atoms with Crippen LogP contribution < -0.4 is 5.32 Å². The summed E-state index contributed by atoms with van der Waals surface area (Å²) in [5.74, 6) is 0.154. The van der Waals surface area contributed by atoms with Crippen LogP contribution in [0.5, 0.6) is 0 Å². The molecule has 0 saturated carbocycles. The van der Waals surface area contributed by atoms with Crippen molar-refractivity contribution in [3.63, 3.8) is 0 Å². The molecule has 2 fully saturated rings. The average molecular weight is 396 g/mol. The first-order chi connectivity index (χ1) is 12.9. The van der Waals surface area contributed by atoms with Gasteiger partial charge in [0, 0.05) is 44.7 Å². The molecular formula is C19H29N3O4S. The van der Waals surface area contributed by atoms with Crippen molar-refractivity contribution in [2.45, 2.75) is 43.7 Å². The normalized spacial score (nSPS) is 24.7. The van der Waals surface area contributed by atoms with E-state index in [-0.39, 0.29) is 11.9 Å². The Kier molecular flexibility index (Phi) is 6.52. The fourth-order valence-electron chi connectivity index (χ4n) is 3.57. The van der Waals surface area contributed by atoms with Crippen LogP contribution in [0.1, 0.15) is 25.8 Å². The smallest absolute Gasteiger partial charge is 0.243 e. The predicted octanol–water partition coefficient (Wildman–Crippen LogP) is 0.849. The Labute approximate surface area is 161 Å². The van der Waals surface area contributed by atoms with Gasteiger partial charge in [0.05, 0.1) is 18.1 Å². The van der Waals surface area contributed by atoms with Gasteiger partial charge in [-0.2, -0.15) is 4.31 Å². The number of rotatable bonds is 5. The quantitative estimate of drug-likeness (QED) is 0.800. The summed E-state index contributed by atoms with van der Waals surface area (Å²) in [7, 11) is -3.47. The first-order valence-corrected chi connectivity index (χ1v) is 11.0. The Morgan fingerprint density at radius 1 is 1.15 bits per heavy atom. The summed E-state index contributed by atoms with van der Waals surface area (Å²) in [6, 6.07) is 7.38. The summed E-state index contributed by atoms with van der Waals surface area (Å²) in [4.78, 5) is 14.8. The monoisotopic (exact) mass is 395 g/mol. The summed E-state index contributed by atoms with van der Waals surface area (Å²) >= 11 is 0. The van der Waals surface area contributed by atoms with Gasteiger partial charge in [0.2, 0.25) is 15.9 Å². The fraction of sp³-hybridized carbons (Fsp3) is 0.632. The van der Waals surface area contributed by atoms with Crippen molar-refractivity contribution >= 4 is 15.9 Å². The molecule has 2 heterocycles. The summed E-state index contributed by atoms with van der Waals surface area (Å²) < 4.78 is 32.0. The summed E-state index contributed by atoms with van der Waals surface area (Å²) in [5, 5.41) is 3.38. The third-order valence-electron chi connectivity index (χ3n) is 5.51. The Balaban J connectivity index is 1.58. The first kappa shape index (κ1) is 20.3. The highest BCUT2D eigenvalue weighted by Gasteiger charge is 2.28. The number of morpholine rings is 1. The number of carbonyl (C=O) groups is 1. The maximum absolute atomic E-state index is 12.6. The van der Waals surface area contributed by atoms with Crippen LogP contribution in [0.25, 0.3) is 0 Å². The largest absolute Gasteiger partial charge is 0.379 e. The average Bonchev–Trinajstić information content (AvgIpc) is 2.69. The molecule has 7 nitrogen and oxygen atoms in total. The van der Waals surface area contributed by atoms with E-state index >= 15 is 0 Å². The lowest BCUT2D eigenvalue weighted by Gasteiger charge is -2.38. The van der Waals surface area contributed by atoms with Crippen LogP contribution in [0.3, 0.4) is 0 Å². The molecule has 1 aromatic carbocycles. The number of ether oxygens (including phenoxy) is 1. The molecule has 2 unspecified atom stereocenters. The van der Waals surface area contributed by atoms with Gasteiger partial charge < -0.3 is 15.0 Å². The van der Waals surface area contributed by atoms with Crippen molar-refractivity contribution in [2.75, 3.05) is 39.4 Å². The number of sulfonamides is 1. The van der Waals surface area contributed by atoms with Gasteiger partial charge in [-0.15, -0.1) is 0 Å². The Bertz CT molecular complexity index is 745. The van der Waals surface area contributed by atoms with Crippen molar-refractivity contribution in [3.05, 3.63) is 29.8 Å². The zero-order valence-corrected chi connectivity index (χ0v) is 16.9. The van der Waals surface area contributed by atoms with Crippen LogP contribution >= 0.6 is 0 Å². The number of aryl methyl sites for hydroxylation is 1. The van der Waals surface area contributed by atoms with Gasteiger partial charge in [0.15, 0.2) is 0 Å². The summed E-state index contributed by atoms with van der Waals surface area (Å²) in [6.07, 6.45) is 1.05. The number of nitrogens with zero attached hydrogens (tertiary/aromatic N) is 2. The molecule has 1 aromatic rings. The highest BCUT2D eigenvalue weighted by atomic mass is 32.2. The number of hydrogen-bond acceptors (Lipinski definition) is 5. The third kappa shape index (κ3) is 4.68. The number of carbonyl (C=O) groups excluding carboxylic acids is 1. The van der Waals surface area contributed by atoms with Crippen molar-refractivity contribution in [3.8, 4) is 0 Å². The minimum atomic E-state index is -3.47. The van der Waals surface area contributed by atoms with Crippen LogP contribution in [0.15, 0.2) is 29.2 Å². The summed E-state index contributed by atoms with van der Waals surface area (Å²) in [5.41, 5.74) is 0.972. The minimum Gasteiger partial charge on any atom is -0.379 e. The van der Waals surface area contributed by atoms with E-state index in [1.165, 1.54) is 4.31 Å². The lowest BCUT2D eigenvalue weighted by Crippen LogP contribution is -2.57. The van der Waals surface area contributed by atoms with E-state index in [2.05, 4.69) is 19.2 Å².